The standard InChI is InChI=1S/C10H12ClNO2.ClH/c1-6-4-3-5-7(11)8(6)9(12)10(13)14-2;/h3-5,9H,12H2,1-2H3;1H/t9-;/m1./s1. The number of carbonyl (C=O) groups is 1. The van der Waals surface area contributed by atoms with E-state index < -0.39 is 12.0 Å². The highest BCUT2D eigenvalue weighted by atomic mass is 35.5. The van der Waals surface area contributed by atoms with E-state index >= 15 is 0 Å². The van der Waals surface area contributed by atoms with Crippen molar-refractivity contribution in [1.29, 1.82) is 0 Å². The van der Waals surface area contributed by atoms with Gasteiger partial charge in [0, 0.05) is 10.6 Å². The fourth-order valence-electron chi connectivity index (χ4n) is 1.28. The molecule has 0 unspecified atom stereocenters. The first kappa shape index (κ1) is 14.2. The van der Waals surface area contributed by atoms with E-state index in [9.17, 15) is 4.79 Å². The summed E-state index contributed by atoms with van der Waals surface area (Å²) in [6.45, 7) is 1.85. The molecule has 0 aromatic heterocycles. The van der Waals surface area contributed by atoms with Crippen LogP contribution in [0.3, 0.4) is 0 Å². The highest BCUT2D eigenvalue weighted by molar-refractivity contribution is 6.31. The molecule has 1 atom stereocenters. The molecule has 0 aliphatic rings. The number of hydrogen-bond acceptors (Lipinski definition) is 3. The maximum Gasteiger partial charge on any atom is 0.327 e. The summed E-state index contributed by atoms with van der Waals surface area (Å²) in [5.41, 5.74) is 7.20. The van der Waals surface area contributed by atoms with Gasteiger partial charge in [0.25, 0.3) is 0 Å². The number of esters is 1. The maximum absolute atomic E-state index is 11.2. The minimum absolute atomic E-state index is 0. The maximum atomic E-state index is 11.2. The third-order valence-electron chi connectivity index (χ3n) is 2.04. The van der Waals surface area contributed by atoms with Crippen LogP contribution in [0, 0.1) is 6.92 Å². The van der Waals surface area contributed by atoms with E-state index in [0.29, 0.717) is 10.6 Å². The molecule has 1 rings (SSSR count). The molecule has 0 radical (unpaired) electrons. The Labute approximate surface area is 100.0 Å². The molecule has 15 heavy (non-hydrogen) atoms. The summed E-state index contributed by atoms with van der Waals surface area (Å²) in [7, 11) is 1.30. The quantitative estimate of drug-likeness (QED) is 0.819. The van der Waals surface area contributed by atoms with Crippen molar-refractivity contribution in [2.75, 3.05) is 7.11 Å². The monoisotopic (exact) mass is 249 g/mol. The van der Waals surface area contributed by atoms with Gasteiger partial charge in [0.2, 0.25) is 0 Å². The van der Waals surface area contributed by atoms with Gasteiger partial charge in [-0.25, -0.2) is 0 Å². The van der Waals surface area contributed by atoms with Crippen molar-refractivity contribution in [2.24, 2.45) is 5.73 Å². The van der Waals surface area contributed by atoms with Crippen LogP contribution in [-0.4, -0.2) is 13.1 Å². The Morgan fingerprint density at radius 3 is 2.60 bits per heavy atom. The summed E-state index contributed by atoms with van der Waals surface area (Å²) in [5, 5.41) is 0.489. The molecule has 0 amide bonds. The predicted molar refractivity (Wildman–Crippen MR) is 62.4 cm³/mol. The van der Waals surface area contributed by atoms with E-state index in [0.717, 1.165) is 5.56 Å². The Morgan fingerprint density at radius 2 is 2.13 bits per heavy atom. The van der Waals surface area contributed by atoms with Gasteiger partial charge in [-0.05, 0) is 18.6 Å². The first-order chi connectivity index (χ1) is 6.57. The minimum atomic E-state index is -0.811. The van der Waals surface area contributed by atoms with Gasteiger partial charge in [0.1, 0.15) is 6.04 Å². The van der Waals surface area contributed by atoms with Crippen molar-refractivity contribution >= 4 is 30.0 Å². The van der Waals surface area contributed by atoms with Crippen LogP contribution in [-0.2, 0) is 9.53 Å². The number of carbonyl (C=O) groups excluding carboxylic acids is 1. The van der Waals surface area contributed by atoms with Crippen molar-refractivity contribution in [1.82, 2.24) is 0 Å². The first-order valence-corrected chi connectivity index (χ1v) is 4.54. The number of ether oxygens (including phenoxy) is 1. The summed E-state index contributed by atoms with van der Waals surface area (Å²) < 4.78 is 4.55. The normalized spacial score (nSPS) is 11.5. The molecule has 0 aliphatic heterocycles. The zero-order valence-electron chi connectivity index (χ0n) is 8.49. The Kier molecular flexibility index (Phi) is 5.65. The van der Waals surface area contributed by atoms with Gasteiger partial charge in [0.05, 0.1) is 7.11 Å². The van der Waals surface area contributed by atoms with Gasteiger partial charge in [-0.3, -0.25) is 4.79 Å². The van der Waals surface area contributed by atoms with Crippen molar-refractivity contribution in [3.63, 3.8) is 0 Å². The molecule has 0 saturated heterocycles. The lowest BCUT2D eigenvalue weighted by molar-refractivity contribution is -0.142. The molecule has 0 heterocycles. The Morgan fingerprint density at radius 1 is 1.53 bits per heavy atom. The van der Waals surface area contributed by atoms with E-state index in [-0.39, 0.29) is 12.4 Å². The number of halogens is 2. The zero-order chi connectivity index (χ0) is 10.7. The van der Waals surface area contributed by atoms with E-state index in [1.54, 1.807) is 6.07 Å². The number of rotatable bonds is 2. The lowest BCUT2D eigenvalue weighted by atomic mass is 10.0. The molecule has 1 aromatic rings. The average Bonchev–Trinajstić information content (AvgIpc) is 2.16. The van der Waals surface area contributed by atoms with E-state index in [2.05, 4.69) is 4.74 Å². The smallest absolute Gasteiger partial charge is 0.327 e. The zero-order valence-corrected chi connectivity index (χ0v) is 10.1. The highest BCUT2D eigenvalue weighted by Gasteiger charge is 2.20. The molecule has 2 N–H and O–H groups in total. The number of aryl methyl sites for hydroxylation is 1. The van der Waals surface area contributed by atoms with Gasteiger partial charge in [-0.1, -0.05) is 23.7 Å². The van der Waals surface area contributed by atoms with Crippen LogP contribution in [0.1, 0.15) is 17.2 Å². The average molecular weight is 250 g/mol. The molecule has 84 valence electrons. The summed E-state index contributed by atoms with van der Waals surface area (Å²) in [5.74, 6) is -0.485. The van der Waals surface area contributed by atoms with Crippen molar-refractivity contribution in [3.05, 3.63) is 34.3 Å². The van der Waals surface area contributed by atoms with E-state index in [1.807, 2.05) is 19.1 Å². The van der Waals surface area contributed by atoms with E-state index in [4.69, 9.17) is 17.3 Å². The Hall–Kier alpha value is -0.770. The highest BCUT2D eigenvalue weighted by Crippen LogP contribution is 2.25. The Bertz CT molecular complexity index is 335. The molecule has 1 aromatic carbocycles. The molecule has 0 saturated carbocycles. The summed E-state index contributed by atoms with van der Waals surface area (Å²) >= 11 is 5.94. The molecular formula is C10H13Cl2NO2. The third-order valence-corrected chi connectivity index (χ3v) is 2.37. The topological polar surface area (TPSA) is 52.3 Å². The lowest BCUT2D eigenvalue weighted by Crippen LogP contribution is -2.23. The van der Waals surface area contributed by atoms with Crippen molar-refractivity contribution in [2.45, 2.75) is 13.0 Å². The van der Waals surface area contributed by atoms with Gasteiger partial charge in [-0.2, -0.15) is 0 Å². The van der Waals surface area contributed by atoms with Crippen LogP contribution in [0.4, 0.5) is 0 Å². The summed E-state index contributed by atoms with van der Waals surface area (Å²) in [6.07, 6.45) is 0. The SMILES string of the molecule is COC(=O)[C@H](N)c1c(C)cccc1Cl.Cl. The first-order valence-electron chi connectivity index (χ1n) is 4.16. The second kappa shape index (κ2) is 5.95. The van der Waals surface area contributed by atoms with Crippen LogP contribution in [0.2, 0.25) is 5.02 Å². The van der Waals surface area contributed by atoms with Crippen LogP contribution >= 0.6 is 24.0 Å². The molecule has 3 nitrogen and oxygen atoms in total. The third kappa shape index (κ3) is 3.09. The molecule has 0 spiro atoms. The number of methoxy groups -OCH3 is 1. The minimum Gasteiger partial charge on any atom is -0.468 e. The van der Waals surface area contributed by atoms with Gasteiger partial charge in [-0.15, -0.1) is 12.4 Å². The summed E-state index contributed by atoms with van der Waals surface area (Å²) in [4.78, 5) is 11.2. The second-order valence-corrected chi connectivity index (χ2v) is 3.38. The van der Waals surface area contributed by atoms with Crippen LogP contribution in [0.25, 0.3) is 0 Å². The molecule has 5 heteroatoms. The van der Waals surface area contributed by atoms with Crippen molar-refractivity contribution < 1.29 is 9.53 Å². The van der Waals surface area contributed by atoms with Crippen LogP contribution in [0.15, 0.2) is 18.2 Å². The number of hydrogen-bond donors (Lipinski definition) is 1. The van der Waals surface area contributed by atoms with Gasteiger partial charge < -0.3 is 10.5 Å². The van der Waals surface area contributed by atoms with Gasteiger partial charge >= 0.3 is 5.97 Å². The Balaban J connectivity index is 0.00000196. The lowest BCUT2D eigenvalue weighted by Gasteiger charge is -2.13. The number of benzene rings is 1. The van der Waals surface area contributed by atoms with E-state index in [1.165, 1.54) is 7.11 Å². The molecule has 0 bridgehead atoms. The molecule has 0 fully saturated rings. The fourth-order valence-corrected chi connectivity index (χ4v) is 1.62. The molecule has 0 aliphatic carbocycles. The number of nitrogens with two attached hydrogens (primary N) is 1. The second-order valence-electron chi connectivity index (χ2n) is 2.97. The van der Waals surface area contributed by atoms with Gasteiger partial charge in [0.15, 0.2) is 0 Å². The fraction of sp³-hybridized carbons (Fsp3) is 0.300. The summed E-state index contributed by atoms with van der Waals surface area (Å²) in [6, 6.07) is 4.55. The predicted octanol–water partition coefficient (Wildman–Crippen LogP) is 2.24. The van der Waals surface area contributed by atoms with Crippen molar-refractivity contribution in [3.8, 4) is 0 Å². The van der Waals surface area contributed by atoms with Crippen LogP contribution < -0.4 is 5.73 Å². The molecular weight excluding hydrogens is 237 g/mol. The van der Waals surface area contributed by atoms with Crippen LogP contribution in [0.5, 0.6) is 0 Å². The largest absolute Gasteiger partial charge is 0.468 e.